The van der Waals surface area contributed by atoms with Gasteiger partial charge in [0.05, 0.1) is 0 Å². The topological polar surface area (TPSA) is 75.9 Å². The van der Waals surface area contributed by atoms with E-state index in [9.17, 15) is 0 Å². The molecule has 5 nitrogen and oxygen atoms in total. The third kappa shape index (κ3) is 3.01. The van der Waals surface area contributed by atoms with Crippen molar-refractivity contribution in [1.82, 2.24) is 15.4 Å². The second-order valence-corrected chi connectivity index (χ2v) is 4.28. The molecule has 1 heterocycles. The molecule has 0 aromatic carbocycles. The van der Waals surface area contributed by atoms with Crippen LogP contribution in [0.3, 0.4) is 0 Å². The summed E-state index contributed by atoms with van der Waals surface area (Å²) in [5, 5.41) is 0.248. The zero-order valence-electron chi connectivity index (χ0n) is 8.43. The highest BCUT2D eigenvalue weighted by Crippen LogP contribution is 2.21. The first-order valence-electron chi connectivity index (χ1n) is 4.19. The summed E-state index contributed by atoms with van der Waals surface area (Å²) in [6.45, 7) is 6.04. The molecule has 0 unspecified atom stereocenters. The highest BCUT2D eigenvalue weighted by Gasteiger charge is 2.11. The number of rotatable bonds is 2. The van der Waals surface area contributed by atoms with Crippen molar-refractivity contribution in [2.24, 2.45) is 0 Å². The highest BCUT2D eigenvalue weighted by molar-refractivity contribution is 6.32. The van der Waals surface area contributed by atoms with E-state index in [0.29, 0.717) is 11.5 Å². The van der Waals surface area contributed by atoms with E-state index < -0.39 is 0 Å². The lowest BCUT2D eigenvalue weighted by Gasteiger charge is -2.21. The number of nitrogens with two attached hydrogens (primary N) is 1. The number of hydrazine groups is 1. The minimum absolute atomic E-state index is 0.0795. The molecule has 1 aromatic heterocycles. The van der Waals surface area contributed by atoms with Crippen molar-refractivity contribution in [3.05, 3.63) is 11.5 Å². The van der Waals surface area contributed by atoms with Gasteiger partial charge in [-0.2, -0.15) is 0 Å². The highest BCUT2D eigenvalue weighted by atomic mass is 35.5. The molecule has 0 fully saturated rings. The Morgan fingerprint density at radius 3 is 2.57 bits per heavy atom. The van der Waals surface area contributed by atoms with Crippen LogP contribution in [-0.2, 0) is 0 Å². The normalized spacial score (nSPS) is 11.4. The van der Waals surface area contributed by atoms with E-state index in [-0.39, 0.29) is 10.7 Å². The van der Waals surface area contributed by atoms with Gasteiger partial charge < -0.3 is 11.2 Å². The molecular weight excluding hydrogens is 202 g/mol. The molecule has 0 bridgehead atoms. The Balaban J connectivity index is 2.73. The lowest BCUT2D eigenvalue weighted by Crippen LogP contribution is -2.40. The van der Waals surface area contributed by atoms with Gasteiger partial charge in [-0.05, 0) is 20.8 Å². The largest absolute Gasteiger partial charge is 0.393 e. The van der Waals surface area contributed by atoms with E-state index in [1.165, 1.54) is 6.33 Å². The van der Waals surface area contributed by atoms with Gasteiger partial charge in [0.1, 0.15) is 12.0 Å². The predicted molar refractivity (Wildman–Crippen MR) is 58.0 cm³/mol. The van der Waals surface area contributed by atoms with Crippen molar-refractivity contribution in [2.45, 2.75) is 26.3 Å². The minimum Gasteiger partial charge on any atom is -0.393 e. The smallest absolute Gasteiger partial charge is 0.168 e. The van der Waals surface area contributed by atoms with E-state index in [1.54, 1.807) is 0 Å². The SMILES string of the molecule is CC(C)(C)NNc1ncnc(Cl)c1N. The Labute approximate surface area is 88.0 Å². The Morgan fingerprint density at radius 2 is 2.00 bits per heavy atom. The number of nitrogen functional groups attached to an aromatic ring is 1. The van der Waals surface area contributed by atoms with Crippen LogP contribution in [0.1, 0.15) is 20.8 Å². The van der Waals surface area contributed by atoms with Crippen molar-refractivity contribution >= 4 is 23.1 Å². The fourth-order valence-electron chi connectivity index (χ4n) is 0.720. The molecule has 0 aliphatic rings. The van der Waals surface area contributed by atoms with Crippen LogP contribution in [0.25, 0.3) is 0 Å². The maximum Gasteiger partial charge on any atom is 0.168 e. The van der Waals surface area contributed by atoms with E-state index >= 15 is 0 Å². The molecule has 0 spiro atoms. The molecule has 0 saturated carbocycles. The Morgan fingerprint density at radius 1 is 1.36 bits per heavy atom. The van der Waals surface area contributed by atoms with Crippen LogP contribution in [-0.4, -0.2) is 15.5 Å². The molecule has 0 aliphatic carbocycles. The summed E-state index contributed by atoms with van der Waals surface area (Å²) in [6, 6.07) is 0. The standard InChI is InChI=1S/C8H14ClN5/c1-8(2,3)14-13-7-5(10)6(9)11-4-12-7/h4,14H,10H2,1-3H3,(H,11,12,13). The molecule has 0 amide bonds. The third-order valence-corrected chi connectivity index (χ3v) is 1.69. The maximum absolute atomic E-state index is 5.72. The number of halogens is 1. The summed E-state index contributed by atoms with van der Waals surface area (Å²) < 4.78 is 0. The molecule has 0 saturated heterocycles. The van der Waals surface area contributed by atoms with Crippen LogP contribution in [0, 0.1) is 0 Å². The minimum atomic E-state index is -0.0795. The first-order valence-corrected chi connectivity index (χ1v) is 4.57. The van der Waals surface area contributed by atoms with E-state index in [4.69, 9.17) is 17.3 Å². The summed E-state index contributed by atoms with van der Waals surface area (Å²) in [4.78, 5) is 7.69. The van der Waals surface area contributed by atoms with Crippen LogP contribution >= 0.6 is 11.6 Å². The van der Waals surface area contributed by atoms with Crippen molar-refractivity contribution < 1.29 is 0 Å². The Bertz CT molecular complexity index is 320. The zero-order valence-corrected chi connectivity index (χ0v) is 9.18. The number of nitrogens with one attached hydrogen (secondary N) is 2. The molecule has 0 atom stereocenters. The average molecular weight is 216 g/mol. The molecular formula is C8H14ClN5. The molecule has 14 heavy (non-hydrogen) atoms. The van der Waals surface area contributed by atoms with Gasteiger partial charge in [-0.3, -0.25) is 0 Å². The fourth-order valence-corrected chi connectivity index (χ4v) is 0.854. The number of aromatic nitrogens is 2. The first kappa shape index (κ1) is 11.0. The zero-order chi connectivity index (χ0) is 10.8. The number of nitrogens with zero attached hydrogens (tertiary/aromatic N) is 2. The lowest BCUT2D eigenvalue weighted by atomic mass is 10.1. The van der Waals surface area contributed by atoms with Crippen LogP contribution in [0.15, 0.2) is 6.33 Å². The summed E-state index contributed by atoms with van der Waals surface area (Å²) in [5.41, 5.74) is 11.8. The maximum atomic E-state index is 5.72. The van der Waals surface area contributed by atoms with Gasteiger partial charge >= 0.3 is 0 Å². The second kappa shape index (κ2) is 3.98. The fraction of sp³-hybridized carbons (Fsp3) is 0.500. The van der Waals surface area contributed by atoms with Gasteiger partial charge in [0.2, 0.25) is 0 Å². The predicted octanol–water partition coefficient (Wildman–Crippen LogP) is 1.43. The van der Waals surface area contributed by atoms with Crippen LogP contribution in [0.4, 0.5) is 11.5 Å². The Kier molecular flexibility index (Phi) is 3.13. The lowest BCUT2D eigenvalue weighted by molar-refractivity contribution is 0.464. The third-order valence-electron chi connectivity index (χ3n) is 1.39. The van der Waals surface area contributed by atoms with Crippen molar-refractivity contribution in [3.63, 3.8) is 0 Å². The van der Waals surface area contributed by atoms with E-state index in [2.05, 4.69) is 20.8 Å². The van der Waals surface area contributed by atoms with Gasteiger partial charge in [-0.1, -0.05) is 11.6 Å². The van der Waals surface area contributed by atoms with Crippen molar-refractivity contribution in [1.29, 1.82) is 0 Å². The van der Waals surface area contributed by atoms with Gasteiger partial charge in [0.25, 0.3) is 0 Å². The molecule has 1 rings (SSSR count). The summed E-state index contributed by atoms with van der Waals surface area (Å²) in [7, 11) is 0. The number of anilines is 2. The van der Waals surface area contributed by atoms with Crippen LogP contribution < -0.4 is 16.6 Å². The average Bonchev–Trinajstić information content (AvgIpc) is 2.06. The Hall–Kier alpha value is -1.07. The number of hydrogen-bond donors (Lipinski definition) is 3. The van der Waals surface area contributed by atoms with Crippen LogP contribution in [0.2, 0.25) is 5.15 Å². The molecule has 0 radical (unpaired) electrons. The summed E-state index contributed by atoms with van der Waals surface area (Å²) in [5.74, 6) is 0.486. The second-order valence-electron chi connectivity index (χ2n) is 3.93. The van der Waals surface area contributed by atoms with Gasteiger partial charge in [-0.25, -0.2) is 15.4 Å². The summed E-state index contributed by atoms with van der Waals surface area (Å²) >= 11 is 5.72. The van der Waals surface area contributed by atoms with Gasteiger partial charge in [0.15, 0.2) is 11.0 Å². The number of hydrogen-bond acceptors (Lipinski definition) is 5. The van der Waals surface area contributed by atoms with Crippen LogP contribution in [0.5, 0.6) is 0 Å². The molecule has 0 aliphatic heterocycles. The molecule has 78 valence electrons. The van der Waals surface area contributed by atoms with E-state index in [0.717, 1.165) is 0 Å². The van der Waals surface area contributed by atoms with E-state index in [1.807, 2.05) is 20.8 Å². The van der Waals surface area contributed by atoms with Crippen molar-refractivity contribution in [3.8, 4) is 0 Å². The first-order chi connectivity index (χ1) is 6.40. The van der Waals surface area contributed by atoms with Gasteiger partial charge in [-0.15, -0.1) is 0 Å². The quantitative estimate of drug-likeness (QED) is 0.514. The monoisotopic (exact) mass is 215 g/mol. The molecule has 4 N–H and O–H groups in total. The van der Waals surface area contributed by atoms with Crippen molar-refractivity contribution in [2.75, 3.05) is 11.2 Å². The molecule has 1 aromatic rings. The van der Waals surface area contributed by atoms with Gasteiger partial charge in [0, 0.05) is 5.54 Å². The summed E-state index contributed by atoms with van der Waals surface area (Å²) in [6.07, 6.45) is 1.35. The molecule has 6 heteroatoms.